The Morgan fingerprint density at radius 1 is 0.900 bits per heavy atom. The van der Waals surface area contributed by atoms with E-state index in [0.717, 1.165) is 16.0 Å². The number of benzene rings is 2. The molecule has 0 saturated carbocycles. The van der Waals surface area contributed by atoms with E-state index in [9.17, 15) is 22.8 Å². The van der Waals surface area contributed by atoms with Crippen molar-refractivity contribution >= 4 is 22.7 Å². The zero-order valence-corrected chi connectivity index (χ0v) is 21.8. The summed E-state index contributed by atoms with van der Waals surface area (Å²) in [5, 5.41) is 0.704. The first kappa shape index (κ1) is 27.3. The van der Waals surface area contributed by atoms with Gasteiger partial charge >= 0.3 is 12.1 Å². The molecule has 1 aliphatic heterocycles. The quantitative estimate of drug-likeness (QED) is 0.313. The molecule has 206 valence electrons. The first-order valence-electron chi connectivity index (χ1n) is 13.2. The smallest absolute Gasteiger partial charge is 0.339 e. The summed E-state index contributed by atoms with van der Waals surface area (Å²) in [5.74, 6) is -1.96. The van der Waals surface area contributed by atoms with Gasteiger partial charge in [-0.15, -0.1) is 0 Å². The zero-order chi connectivity index (χ0) is 28.1. The highest BCUT2D eigenvalue weighted by atomic mass is 19.4. The Hall–Kier alpha value is -4.27. The maximum atomic E-state index is 13.9. The van der Waals surface area contributed by atoms with Gasteiger partial charge in [0, 0.05) is 49.1 Å². The van der Waals surface area contributed by atoms with Crippen molar-refractivity contribution < 1.29 is 22.8 Å². The fourth-order valence-electron chi connectivity index (χ4n) is 5.50. The molecule has 1 saturated heterocycles. The van der Waals surface area contributed by atoms with Crippen molar-refractivity contribution in [2.45, 2.75) is 50.5 Å². The molecule has 2 aromatic carbocycles. The molecule has 2 aromatic heterocycles. The van der Waals surface area contributed by atoms with Gasteiger partial charge in [0.15, 0.2) is 0 Å². The average molecular weight is 547 g/mol. The summed E-state index contributed by atoms with van der Waals surface area (Å²) < 4.78 is 41.7. The van der Waals surface area contributed by atoms with Crippen molar-refractivity contribution in [2.75, 3.05) is 6.54 Å². The van der Waals surface area contributed by atoms with E-state index in [4.69, 9.17) is 0 Å². The molecule has 0 aliphatic carbocycles. The van der Waals surface area contributed by atoms with Gasteiger partial charge in [0.2, 0.25) is 5.91 Å². The van der Waals surface area contributed by atoms with Crippen LogP contribution in [0.4, 0.5) is 13.2 Å². The average Bonchev–Trinajstić information content (AvgIpc) is 2.96. The minimum absolute atomic E-state index is 0.0978. The third-order valence-corrected chi connectivity index (χ3v) is 7.45. The van der Waals surface area contributed by atoms with Gasteiger partial charge in [-0.25, -0.2) is 0 Å². The third kappa shape index (κ3) is 6.30. The van der Waals surface area contributed by atoms with Crippen LogP contribution in [-0.2, 0) is 29.0 Å². The first-order chi connectivity index (χ1) is 19.3. The zero-order valence-electron chi connectivity index (χ0n) is 21.8. The van der Waals surface area contributed by atoms with E-state index >= 15 is 0 Å². The summed E-state index contributed by atoms with van der Waals surface area (Å²) in [6.07, 6.45) is 0.913. The van der Waals surface area contributed by atoms with Crippen LogP contribution < -0.4 is 0 Å². The number of para-hydroxylation sites is 1. The summed E-state index contributed by atoms with van der Waals surface area (Å²) in [7, 11) is 0. The Morgan fingerprint density at radius 3 is 2.38 bits per heavy atom. The largest absolute Gasteiger partial charge is 0.471 e. The Balaban J connectivity index is 1.44. The summed E-state index contributed by atoms with van der Waals surface area (Å²) in [6.45, 7) is 0.0554. The lowest BCUT2D eigenvalue weighted by atomic mass is 9.90. The fourth-order valence-corrected chi connectivity index (χ4v) is 5.50. The van der Waals surface area contributed by atoms with Crippen molar-refractivity contribution in [3.63, 3.8) is 0 Å². The molecule has 0 N–H and O–H groups in total. The van der Waals surface area contributed by atoms with Gasteiger partial charge in [-0.3, -0.25) is 19.6 Å². The highest BCUT2D eigenvalue weighted by Gasteiger charge is 2.46. The topological polar surface area (TPSA) is 66.4 Å². The van der Waals surface area contributed by atoms with Crippen molar-refractivity contribution in [3.8, 4) is 0 Å². The Morgan fingerprint density at radius 2 is 1.62 bits per heavy atom. The number of hydrogen-bond donors (Lipinski definition) is 0. The lowest BCUT2D eigenvalue weighted by Gasteiger charge is -2.44. The normalized spacial score (nSPS) is 17.5. The second-order valence-corrected chi connectivity index (χ2v) is 10.1. The van der Waals surface area contributed by atoms with E-state index in [1.165, 1.54) is 0 Å². The van der Waals surface area contributed by atoms with Crippen LogP contribution in [0.3, 0.4) is 0 Å². The maximum Gasteiger partial charge on any atom is 0.471 e. The van der Waals surface area contributed by atoms with Crippen molar-refractivity contribution in [2.24, 2.45) is 0 Å². The molecule has 2 amide bonds. The molecule has 6 nitrogen and oxygen atoms in total. The number of likely N-dealkylation sites (tertiary alicyclic amines) is 1. The highest BCUT2D eigenvalue weighted by Crippen LogP contribution is 2.31. The lowest BCUT2D eigenvalue weighted by Crippen LogP contribution is -2.56. The summed E-state index contributed by atoms with van der Waals surface area (Å²) in [4.78, 5) is 37.3. The van der Waals surface area contributed by atoms with Gasteiger partial charge in [-0.05, 0) is 60.2 Å². The van der Waals surface area contributed by atoms with Gasteiger partial charge in [0.25, 0.3) is 0 Å². The number of alkyl halides is 3. The van der Waals surface area contributed by atoms with E-state index < -0.39 is 18.1 Å². The van der Waals surface area contributed by atoms with Crippen LogP contribution in [0.5, 0.6) is 0 Å². The monoisotopic (exact) mass is 546 g/mol. The molecule has 0 unspecified atom stereocenters. The summed E-state index contributed by atoms with van der Waals surface area (Å²) in [6, 6.07) is 20.9. The molecule has 0 spiro atoms. The van der Waals surface area contributed by atoms with Gasteiger partial charge in [0.05, 0.1) is 11.9 Å². The number of rotatable bonds is 7. The number of fused-ring (bicyclic) bond motifs is 1. The fraction of sp³-hybridized carbons (Fsp3) is 0.290. The Kier molecular flexibility index (Phi) is 8.09. The first-order valence-corrected chi connectivity index (χ1v) is 13.2. The number of amides is 2. The molecule has 0 bridgehead atoms. The number of hydrogen-bond acceptors (Lipinski definition) is 4. The van der Waals surface area contributed by atoms with E-state index in [2.05, 4.69) is 9.97 Å². The van der Waals surface area contributed by atoms with Crippen molar-refractivity contribution in [1.29, 1.82) is 0 Å². The van der Waals surface area contributed by atoms with Crippen LogP contribution in [0.25, 0.3) is 10.9 Å². The number of aromatic nitrogens is 2. The molecule has 9 heteroatoms. The van der Waals surface area contributed by atoms with Gasteiger partial charge < -0.3 is 9.80 Å². The lowest BCUT2D eigenvalue weighted by molar-refractivity contribution is -0.190. The molecule has 2 atom stereocenters. The molecular formula is C31H29F3N4O2. The molecule has 1 fully saturated rings. The van der Waals surface area contributed by atoms with Crippen LogP contribution in [-0.4, -0.2) is 56.4 Å². The number of carbonyl (C=O) groups is 2. The van der Waals surface area contributed by atoms with Gasteiger partial charge in [-0.2, -0.15) is 13.2 Å². The Labute approximate surface area is 230 Å². The standard InChI is InChI=1S/C31H29F3N4O2/c32-31(33,34)30(40)38(21-24-12-16-36-28-9-5-4-8-27(24)28)25-13-17-37(29(39)19-23-10-14-35-15-11-23)26(20-25)18-22-6-2-1-3-7-22/h1-12,14-16,25-26H,13,17-21H2/t25-,26+/m0/s1. The molecule has 4 aromatic rings. The van der Waals surface area contributed by atoms with Crippen LogP contribution in [0.2, 0.25) is 0 Å². The molecular weight excluding hydrogens is 517 g/mol. The number of halogens is 3. The third-order valence-electron chi connectivity index (χ3n) is 7.45. The Bertz CT molecular complexity index is 1460. The second kappa shape index (κ2) is 11.9. The summed E-state index contributed by atoms with van der Waals surface area (Å²) >= 11 is 0. The van der Waals surface area contributed by atoms with Crippen molar-refractivity contribution in [3.05, 3.63) is 108 Å². The SMILES string of the molecule is O=C(Cc1ccncc1)N1CC[C@H](N(Cc2ccnc3ccccc23)C(=O)C(F)(F)F)C[C@H]1Cc1ccccc1. The predicted molar refractivity (Wildman–Crippen MR) is 145 cm³/mol. The van der Waals surface area contributed by atoms with Crippen LogP contribution in [0, 0.1) is 0 Å². The highest BCUT2D eigenvalue weighted by molar-refractivity contribution is 5.85. The molecule has 5 rings (SSSR count). The van der Waals surface area contributed by atoms with E-state index in [1.54, 1.807) is 59.9 Å². The van der Waals surface area contributed by atoms with E-state index in [0.29, 0.717) is 22.9 Å². The number of carbonyl (C=O) groups excluding carboxylic acids is 2. The van der Waals surface area contributed by atoms with Crippen LogP contribution in [0.1, 0.15) is 29.5 Å². The number of piperidine rings is 1. The minimum atomic E-state index is -5.02. The minimum Gasteiger partial charge on any atom is -0.339 e. The predicted octanol–water partition coefficient (Wildman–Crippen LogP) is 5.37. The number of nitrogens with zero attached hydrogens (tertiary/aromatic N) is 4. The van der Waals surface area contributed by atoms with E-state index in [-0.39, 0.29) is 44.3 Å². The van der Waals surface area contributed by atoms with Gasteiger partial charge in [0.1, 0.15) is 0 Å². The summed E-state index contributed by atoms with van der Waals surface area (Å²) in [5.41, 5.74) is 3.04. The van der Waals surface area contributed by atoms with Crippen molar-refractivity contribution in [1.82, 2.24) is 19.8 Å². The maximum absolute atomic E-state index is 13.9. The molecule has 1 aliphatic rings. The molecule has 0 radical (unpaired) electrons. The van der Waals surface area contributed by atoms with Gasteiger partial charge in [-0.1, -0.05) is 48.5 Å². The van der Waals surface area contributed by atoms with E-state index in [1.807, 2.05) is 36.4 Å². The number of pyridine rings is 2. The van der Waals surface area contributed by atoms with Crippen LogP contribution >= 0.6 is 0 Å². The molecule has 40 heavy (non-hydrogen) atoms. The van der Waals surface area contributed by atoms with Crippen LogP contribution in [0.15, 0.2) is 91.4 Å². The molecule has 3 heterocycles. The second-order valence-electron chi connectivity index (χ2n) is 10.1.